The highest BCUT2D eigenvalue weighted by Crippen LogP contribution is 2.17. The largest absolute Gasteiger partial charge is 0.224 e. The highest BCUT2D eigenvalue weighted by atomic mass is 35.5. The SMILES string of the molecule is CCCCCCCCCCCCCCc1cc(Cl)nc(Cl)c1. The first-order valence-corrected chi connectivity index (χ1v) is 9.80. The molecule has 0 aromatic carbocycles. The number of hydrogen-bond acceptors (Lipinski definition) is 1. The van der Waals surface area contributed by atoms with Crippen molar-refractivity contribution in [3.05, 3.63) is 28.0 Å². The van der Waals surface area contributed by atoms with Gasteiger partial charge in [-0.15, -0.1) is 0 Å². The molecule has 0 spiro atoms. The van der Waals surface area contributed by atoms with E-state index in [-0.39, 0.29) is 0 Å². The fourth-order valence-electron chi connectivity index (χ4n) is 2.83. The maximum atomic E-state index is 5.91. The number of hydrogen-bond donors (Lipinski definition) is 0. The molecule has 126 valence electrons. The second-order valence-electron chi connectivity index (χ2n) is 6.26. The van der Waals surface area contributed by atoms with Crippen LogP contribution in [0.25, 0.3) is 0 Å². The fraction of sp³-hybridized carbons (Fsp3) is 0.737. The van der Waals surface area contributed by atoms with Gasteiger partial charge in [-0.1, -0.05) is 101 Å². The van der Waals surface area contributed by atoms with Crippen LogP contribution in [0.2, 0.25) is 10.3 Å². The summed E-state index contributed by atoms with van der Waals surface area (Å²) in [5.41, 5.74) is 1.21. The summed E-state index contributed by atoms with van der Waals surface area (Å²) < 4.78 is 0. The average molecular weight is 344 g/mol. The van der Waals surface area contributed by atoms with Crippen LogP contribution in [0.4, 0.5) is 0 Å². The Morgan fingerprint density at radius 1 is 0.682 bits per heavy atom. The minimum Gasteiger partial charge on any atom is -0.224 e. The van der Waals surface area contributed by atoms with Crippen LogP contribution < -0.4 is 0 Å². The van der Waals surface area contributed by atoms with Crippen molar-refractivity contribution in [2.45, 2.75) is 90.4 Å². The van der Waals surface area contributed by atoms with E-state index in [1.807, 2.05) is 12.1 Å². The summed E-state index contributed by atoms with van der Waals surface area (Å²) in [5.74, 6) is 0. The Labute approximate surface area is 146 Å². The van der Waals surface area contributed by atoms with Gasteiger partial charge in [0.05, 0.1) is 0 Å². The Morgan fingerprint density at radius 3 is 1.55 bits per heavy atom. The molecule has 3 heteroatoms. The first-order chi connectivity index (χ1) is 10.7. The zero-order valence-corrected chi connectivity index (χ0v) is 15.6. The lowest BCUT2D eigenvalue weighted by Crippen LogP contribution is -1.89. The number of halogens is 2. The van der Waals surface area contributed by atoms with Crippen molar-refractivity contribution < 1.29 is 0 Å². The first-order valence-electron chi connectivity index (χ1n) is 9.04. The highest BCUT2D eigenvalue weighted by Gasteiger charge is 2.00. The highest BCUT2D eigenvalue weighted by molar-refractivity contribution is 6.32. The molecule has 0 saturated carbocycles. The van der Waals surface area contributed by atoms with Gasteiger partial charge in [0.15, 0.2) is 0 Å². The molecule has 0 bridgehead atoms. The van der Waals surface area contributed by atoms with Gasteiger partial charge in [-0.3, -0.25) is 0 Å². The van der Waals surface area contributed by atoms with Gasteiger partial charge in [0.25, 0.3) is 0 Å². The van der Waals surface area contributed by atoms with E-state index < -0.39 is 0 Å². The third kappa shape index (κ3) is 10.5. The molecule has 0 unspecified atom stereocenters. The van der Waals surface area contributed by atoms with E-state index in [2.05, 4.69) is 11.9 Å². The van der Waals surface area contributed by atoms with Crippen LogP contribution in [0.5, 0.6) is 0 Å². The van der Waals surface area contributed by atoms with Gasteiger partial charge in [-0.25, -0.2) is 4.98 Å². The molecule has 0 radical (unpaired) electrons. The second-order valence-corrected chi connectivity index (χ2v) is 7.03. The summed E-state index contributed by atoms with van der Waals surface area (Å²) in [4.78, 5) is 3.97. The Balaban J connectivity index is 1.89. The van der Waals surface area contributed by atoms with E-state index in [9.17, 15) is 0 Å². The van der Waals surface area contributed by atoms with Gasteiger partial charge < -0.3 is 0 Å². The van der Waals surface area contributed by atoms with Crippen molar-refractivity contribution in [3.63, 3.8) is 0 Å². The van der Waals surface area contributed by atoms with Gasteiger partial charge in [0.1, 0.15) is 10.3 Å². The summed E-state index contributed by atoms with van der Waals surface area (Å²) >= 11 is 11.8. The molecule has 1 aromatic heterocycles. The molecule has 0 aliphatic rings. The van der Waals surface area contributed by atoms with Crippen LogP contribution >= 0.6 is 23.2 Å². The van der Waals surface area contributed by atoms with Crippen LogP contribution in [-0.4, -0.2) is 4.98 Å². The van der Waals surface area contributed by atoms with Crippen LogP contribution in [-0.2, 0) is 6.42 Å². The monoisotopic (exact) mass is 343 g/mol. The van der Waals surface area contributed by atoms with E-state index in [0.29, 0.717) is 10.3 Å². The summed E-state index contributed by atoms with van der Waals surface area (Å²) in [7, 11) is 0. The lowest BCUT2D eigenvalue weighted by Gasteiger charge is -2.04. The molecule has 22 heavy (non-hydrogen) atoms. The first kappa shape index (κ1) is 19.8. The molecule has 0 atom stereocenters. The van der Waals surface area contributed by atoms with Crippen molar-refractivity contribution in [2.75, 3.05) is 0 Å². The van der Waals surface area contributed by atoms with E-state index in [1.165, 1.54) is 82.6 Å². The summed E-state index contributed by atoms with van der Waals surface area (Å²) in [6, 6.07) is 3.85. The zero-order valence-electron chi connectivity index (χ0n) is 14.1. The van der Waals surface area contributed by atoms with Gasteiger partial charge in [0.2, 0.25) is 0 Å². The lowest BCUT2D eigenvalue weighted by molar-refractivity contribution is 0.544. The predicted molar refractivity (Wildman–Crippen MR) is 99.0 cm³/mol. The van der Waals surface area contributed by atoms with Crippen molar-refractivity contribution in [1.82, 2.24) is 4.98 Å². The number of nitrogens with zero attached hydrogens (tertiary/aromatic N) is 1. The van der Waals surface area contributed by atoms with Crippen molar-refractivity contribution in [3.8, 4) is 0 Å². The molecule has 0 aliphatic carbocycles. The van der Waals surface area contributed by atoms with Crippen molar-refractivity contribution in [2.24, 2.45) is 0 Å². The van der Waals surface area contributed by atoms with Crippen molar-refractivity contribution in [1.29, 1.82) is 0 Å². The van der Waals surface area contributed by atoms with Crippen LogP contribution in [0, 0.1) is 0 Å². The molecule has 1 nitrogen and oxygen atoms in total. The predicted octanol–water partition coefficient (Wildman–Crippen LogP) is 7.63. The Bertz CT molecular complexity index is 373. The van der Waals surface area contributed by atoms with Crippen molar-refractivity contribution >= 4 is 23.2 Å². The Hall–Kier alpha value is -0.270. The standard InChI is InChI=1S/C19H31Cl2N/c1-2-3-4-5-6-7-8-9-10-11-12-13-14-17-15-18(20)22-19(21)16-17/h15-16H,2-14H2,1H3. The number of pyridine rings is 1. The summed E-state index contributed by atoms with van der Waals surface area (Å²) in [6.45, 7) is 2.28. The quantitative estimate of drug-likeness (QED) is 0.265. The van der Waals surface area contributed by atoms with E-state index in [4.69, 9.17) is 23.2 Å². The Morgan fingerprint density at radius 2 is 1.09 bits per heavy atom. The lowest BCUT2D eigenvalue weighted by atomic mass is 10.0. The van der Waals surface area contributed by atoms with Crippen LogP contribution in [0.3, 0.4) is 0 Å². The molecular formula is C19H31Cl2N. The van der Waals surface area contributed by atoms with Gasteiger partial charge in [0, 0.05) is 0 Å². The third-order valence-corrected chi connectivity index (χ3v) is 4.53. The van der Waals surface area contributed by atoms with Gasteiger partial charge in [-0.2, -0.15) is 0 Å². The molecule has 0 amide bonds. The topological polar surface area (TPSA) is 12.9 Å². The fourth-order valence-corrected chi connectivity index (χ4v) is 3.33. The van der Waals surface area contributed by atoms with E-state index in [0.717, 1.165) is 6.42 Å². The molecule has 0 N–H and O–H groups in total. The molecule has 0 fully saturated rings. The second kappa shape index (κ2) is 13.2. The average Bonchev–Trinajstić information content (AvgIpc) is 2.47. The maximum Gasteiger partial charge on any atom is 0.131 e. The minimum atomic E-state index is 0.501. The normalized spacial score (nSPS) is 11.0. The molecule has 0 aliphatic heterocycles. The van der Waals surface area contributed by atoms with Gasteiger partial charge in [-0.05, 0) is 30.5 Å². The van der Waals surface area contributed by atoms with Crippen LogP contribution in [0.15, 0.2) is 12.1 Å². The van der Waals surface area contributed by atoms with Crippen LogP contribution in [0.1, 0.15) is 89.5 Å². The Kier molecular flexibility index (Phi) is 11.9. The number of aromatic nitrogens is 1. The van der Waals surface area contributed by atoms with E-state index in [1.54, 1.807) is 0 Å². The maximum absolute atomic E-state index is 5.91. The number of aryl methyl sites for hydroxylation is 1. The van der Waals surface area contributed by atoms with Gasteiger partial charge >= 0.3 is 0 Å². The molecule has 1 heterocycles. The molecule has 1 aromatic rings. The summed E-state index contributed by atoms with van der Waals surface area (Å²) in [6.07, 6.45) is 17.6. The zero-order chi connectivity index (χ0) is 16.0. The third-order valence-electron chi connectivity index (χ3n) is 4.14. The van der Waals surface area contributed by atoms with E-state index >= 15 is 0 Å². The minimum absolute atomic E-state index is 0.501. The molecule has 1 rings (SSSR count). The molecular weight excluding hydrogens is 313 g/mol. The summed E-state index contributed by atoms with van der Waals surface area (Å²) in [5, 5.41) is 1.00. The number of unbranched alkanes of at least 4 members (excludes halogenated alkanes) is 11. The number of rotatable bonds is 13. The molecule has 0 saturated heterocycles. The smallest absolute Gasteiger partial charge is 0.131 e.